The van der Waals surface area contributed by atoms with Gasteiger partial charge in [-0.25, -0.2) is 0 Å². The van der Waals surface area contributed by atoms with Gasteiger partial charge in [0.1, 0.15) is 0 Å². The molecule has 2 heterocycles. The lowest BCUT2D eigenvalue weighted by molar-refractivity contribution is 0.305. The van der Waals surface area contributed by atoms with Crippen molar-refractivity contribution in [3.8, 4) is 0 Å². The molecule has 0 spiro atoms. The molecule has 0 amide bonds. The summed E-state index contributed by atoms with van der Waals surface area (Å²) in [5.41, 5.74) is 0. The maximum atomic E-state index is 3.83. The maximum absolute atomic E-state index is 3.83. The molecule has 2 unspecified atom stereocenters. The van der Waals surface area contributed by atoms with Crippen LogP contribution in [0.2, 0.25) is 0 Å². The predicted octanol–water partition coefficient (Wildman–Crippen LogP) is 3.52. The van der Waals surface area contributed by atoms with Crippen molar-refractivity contribution in [3.05, 3.63) is 22.4 Å². The smallest absolute Gasteiger partial charge is 0.0438 e. The first-order valence-corrected chi connectivity index (χ1v) is 8.63. The zero-order valence-electron chi connectivity index (χ0n) is 12.1. The minimum absolute atomic E-state index is 0.537. The summed E-state index contributed by atoms with van der Waals surface area (Å²) in [7, 11) is 0. The molecule has 0 bridgehead atoms. The Bertz CT molecular complexity index is 383. The van der Waals surface area contributed by atoms with Crippen LogP contribution in [0, 0.1) is 11.8 Å². The van der Waals surface area contributed by atoms with Crippen molar-refractivity contribution in [2.75, 3.05) is 19.6 Å². The molecule has 1 aromatic rings. The first kappa shape index (κ1) is 13.6. The van der Waals surface area contributed by atoms with E-state index < -0.39 is 0 Å². The molecular weight excluding hydrogens is 252 g/mol. The molecule has 1 saturated heterocycles. The van der Waals surface area contributed by atoms with E-state index in [4.69, 9.17) is 0 Å². The molecule has 1 aliphatic heterocycles. The molecule has 2 aliphatic rings. The van der Waals surface area contributed by atoms with Gasteiger partial charge in [-0.15, -0.1) is 11.3 Å². The number of hydrogen-bond donors (Lipinski definition) is 1. The third-order valence-electron chi connectivity index (χ3n) is 4.52. The quantitative estimate of drug-likeness (QED) is 0.856. The molecule has 3 heteroatoms. The second-order valence-corrected chi connectivity index (χ2v) is 7.51. The van der Waals surface area contributed by atoms with Crippen LogP contribution < -0.4 is 5.32 Å². The van der Waals surface area contributed by atoms with E-state index in [0.29, 0.717) is 12.0 Å². The van der Waals surface area contributed by atoms with E-state index in [2.05, 4.69) is 41.6 Å². The second-order valence-electron chi connectivity index (χ2n) is 6.53. The van der Waals surface area contributed by atoms with E-state index in [-0.39, 0.29) is 0 Å². The highest BCUT2D eigenvalue weighted by molar-refractivity contribution is 7.10. The fourth-order valence-electron chi connectivity index (χ4n) is 3.23. The fraction of sp³-hybridized carbons (Fsp3) is 0.750. The Morgan fingerprint density at radius 1 is 1.37 bits per heavy atom. The van der Waals surface area contributed by atoms with E-state index in [9.17, 15) is 0 Å². The maximum Gasteiger partial charge on any atom is 0.0438 e. The van der Waals surface area contributed by atoms with Crippen LogP contribution in [0.25, 0.3) is 0 Å². The average Bonchev–Trinajstić information content (AvgIpc) is 2.91. The molecule has 1 saturated carbocycles. The SMILES string of the molecule is CC(C)C(NCC1CCN(C2CC2)C1)c1cccs1. The number of thiophene rings is 1. The monoisotopic (exact) mass is 278 g/mol. The van der Waals surface area contributed by atoms with Gasteiger partial charge in [0.05, 0.1) is 0 Å². The van der Waals surface area contributed by atoms with Crippen molar-refractivity contribution in [3.63, 3.8) is 0 Å². The van der Waals surface area contributed by atoms with E-state index >= 15 is 0 Å². The first-order chi connectivity index (χ1) is 9.24. The van der Waals surface area contributed by atoms with E-state index in [0.717, 1.165) is 12.0 Å². The third-order valence-corrected chi connectivity index (χ3v) is 5.48. The Kier molecular flexibility index (Phi) is 4.25. The Labute approximate surface area is 121 Å². The van der Waals surface area contributed by atoms with Crippen LogP contribution in [0.1, 0.15) is 44.0 Å². The largest absolute Gasteiger partial charge is 0.309 e. The minimum atomic E-state index is 0.537. The van der Waals surface area contributed by atoms with Crippen molar-refractivity contribution in [1.29, 1.82) is 0 Å². The Morgan fingerprint density at radius 2 is 2.21 bits per heavy atom. The Balaban J connectivity index is 1.50. The lowest BCUT2D eigenvalue weighted by Gasteiger charge is -2.23. The number of rotatable bonds is 6. The molecule has 0 aromatic carbocycles. The van der Waals surface area contributed by atoms with Crippen LogP contribution in [-0.4, -0.2) is 30.6 Å². The molecule has 106 valence electrons. The highest BCUT2D eigenvalue weighted by Crippen LogP contribution is 2.32. The van der Waals surface area contributed by atoms with E-state index in [1.807, 2.05) is 11.3 Å². The fourth-order valence-corrected chi connectivity index (χ4v) is 4.20. The highest BCUT2D eigenvalue weighted by atomic mass is 32.1. The molecule has 19 heavy (non-hydrogen) atoms. The summed E-state index contributed by atoms with van der Waals surface area (Å²) in [5, 5.41) is 6.02. The molecule has 2 nitrogen and oxygen atoms in total. The van der Waals surface area contributed by atoms with Crippen LogP contribution in [0.5, 0.6) is 0 Å². The average molecular weight is 278 g/mol. The van der Waals surface area contributed by atoms with Gasteiger partial charge in [-0.05, 0) is 55.6 Å². The van der Waals surface area contributed by atoms with E-state index in [1.165, 1.54) is 43.8 Å². The molecular formula is C16H26N2S. The van der Waals surface area contributed by atoms with Crippen LogP contribution in [0.15, 0.2) is 17.5 Å². The zero-order chi connectivity index (χ0) is 13.2. The van der Waals surface area contributed by atoms with Gasteiger partial charge in [-0.3, -0.25) is 0 Å². The van der Waals surface area contributed by atoms with Crippen molar-refractivity contribution in [2.24, 2.45) is 11.8 Å². The van der Waals surface area contributed by atoms with Gasteiger partial charge < -0.3 is 10.2 Å². The Hall–Kier alpha value is -0.380. The zero-order valence-corrected chi connectivity index (χ0v) is 13.0. The topological polar surface area (TPSA) is 15.3 Å². The number of nitrogens with one attached hydrogen (secondary N) is 1. The summed E-state index contributed by atoms with van der Waals surface area (Å²) in [6, 6.07) is 5.92. The normalized spacial score (nSPS) is 26.2. The van der Waals surface area contributed by atoms with Crippen LogP contribution in [0.4, 0.5) is 0 Å². The van der Waals surface area contributed by atoms with Gasteiger partial charge in [-0.1, -0.05) is 19.9 Å². The van der Waals surface area contributed by atoms with Gasteiger partial charge in [0.15, 0.2) is 0 Å². The van der Waals surface area contributed by atoms with Crippen LogP contribution in [-0.2, 0) is 0 Å². The van der Waals surface area contributed by atoms with Crippen molar-refractivity contribution in [1.82, 2.24) is 10.2 Å². The third kappa shape index (κ3) is 3.39. The number of nitrogens with zero attached hydrogens (tertiary/aromatic N) is 1. The standard InChI is InChI=1S/C16H26N2S/c1-12(2)16(15-4-3-9-19-15)17-10-13-7-8-18(11-13)14-5-6-14/h3-4,9,12-14,16-17H,5-8,10-11H2,1-2H3. The minimum Gasteiger partial charge on any atom is -0.309 e. The summed E-state index contributed by atoms with van der Waals surface area (Å²) in [6.45, 7) is 8.49. The molecule has 0 radical (unpaired) electrons. The van der Waals surface area contributed by atoms with Crippen molar-refractivity contribution in [2.45, 2.75) is 45.2 Å². The lowest BCUT2D eigenvalue weighted by Crippen LogP contribution is -2.32. The summed E-state index contributed by atoms with van der Waals surface area (Å²) in [4.78, 5) is 4.20. The molecule has 3 rings (SSSR count). The van der Waals surface area contributed by atoms with Crippen LogP contribution >= 0.6 is 11.3 Å². The van der Waals surface area contributed by atoms with Crippen LogP contribution in [0.3, 0.4) is 0 Å². The van der Waals surface area contributed by atoms with Gasteiger partial charge in [0, 0.05) is 23.5 Å². The first-order valence-electron chi connectivity index (χ1n) is 7.75. The predicted molar refractivity (Wildman–Crippen MR) is 82.6 cm³/mol. The summed E-state index contributed by atoms with van der Waals surface area (Å²) < 4.78 is 0. The molecule has 1 aliphatic carbocycles. The highest BCUT2D eigenvalue weighted by Gasteiger charge is 2.34. The van der Waals surface area contributed by atoms with Gasteiger partial charge in [0.2, 0.25) is 0 Å². The lowest BCUT2D eigenvalue weighted by atomic mass is 10.0. The number of hydrogen-bond acceptors (Lipinski definition) is 3. The van der Waals surface area contributed by atoms with Crippen molar-refractivity contribution < 1.29 is 0 Å². The van der Waals surface area contributed by atoms with Gasteiger partial charge in [-0.2, -0.15) is 0 Å². The van der Waals surface area contributed by atoms with E-state index in [1.54, 1.807) is 0 Å². The van der Waals surface area contributed by atoms with Crippen molar-refractivity contribution >= 4 is 11.3 Å². The molecule has 1 N–H and O–H groups in total. The van der Waals surface area contributed by atoms with Gasteiger partial charge >= 0.3 is 0 Å². The Morgan fingerprint density at radius 3 is 2.84 bits per heavy atom. The molecule has 2 fully saturated rings. The molecule has 1 aromatic heterocycles. The summed E-state index contributed by atoms with van der Waals surface area (Å²) in [5.74, 6) is 1.53. The van der Waals surface area contributed by atoms with Gasteiger partial charge in [0.25, 0.3) is 0 Å². The second kappa shape index (κ2) is 5.94. The number of likely N-dealkylation sites (tertiary alicyclic amines) is 1. The summed E-state index contributed by atoms with van der Waals surface area (Å²) in [6.07, 6.45) is 4.28. The molecule has 2 atom stereocenters. The summed E-state index contributed by atoms with van der Waals surface area (Å²) >= 11 is 1.88.